The van der Waals surface area contributed by atoms with Gasteiger partial charge in [0.1, 0.15) is 11.5 Å². The molecule has 31 heavy (non-hydrogen) atoms. The van der Waals surface area contributed by atoms with Crippen molar-refractivity contribution >= 4 is 25.6 Å². The number of methoxy groups -OCH3 is 1. The summed E-state index contributed by atoms with van der Waals surface area (Å²) >= 11 is 0. The standard InChI is InChI=1S/C22H27O8P/c1-27-22(21-17-8-13-7-14(10-17)11-18(21)9-13)16-4-3-15(5-6-20(23)24)19(12-16)29-31(25,26)30-28-2/h3-6,12-14,17-18H,7-11H2,1-2H3,(H,23,24)(H,25,26)/b6-5+,22-21?. The van der Waals surface area contributed by atoms with Gasteiger partial charge in [0.15, 0.2) is 0 Å². The first-order chi connectivity index (χ1) is 14.8. The van der Waals surface area contributed by atoms with Crippen LogP contribution in [0.1, 0.15) is 43.2 Å². The Kier molecular flexibility index (Phi) is 6.26. The first-order valence-electron chi connectivity index (χ1n) is 10.4. The molecule has 0 spiro atoms. The average Bonchev–Trinajstić information content (AvgIpc) is 2.68. The molecule has 0 saturated heterocycles. The Morgan fingerprint density at radius 1 is 1.10 bits per heavy atom. The van der Waals surface area contributed by atoms with E-state index in [0.29, 0.717) is 23.0 Å². The summed E-state index contributed by atoms with van der Waals surface area (Å²) in [6.07, 6.45) is 8.30. The number of phosphoric ester groups is 1. The summed E-state index contributed by atoms with van der Waals surface area (Å²) in [6, 6.07) is 5.03. The number of carboxylic acid groups (broad SMARTS) is 1. The van der Waals surface area contributed by atoms with E-state index in [2.05, 4.69) is 9.56 Å². The molecule has 0 aliphatic heterocycles. The highest BCUT2D eigenvalue weighted by molar-refractivity contribution is 7.47. The third kappa shape index (κ3) is 4.72. The lowest BCUT2D eigenvalue weighted by molar-refractivity contribution is -0.193. The average molecular weight is 450 g/mol. The van der Waals surface area contributed by atoms with Gasteiger partial charge in [-0.15, -0.1) is 4.67 Å². The van der Waals surface area contributed by atoms with Crippen LogP contribution in [0.3, 0.4) is 0 Å². The van der Waals surface area contributed by atoms with Crippen molar-refractivity contribution in [3.63, 3.8) is 0 Å². The van der Waals surface area contributed by atoms with E-state index >= 15 is 0 Å². The second-order valence-electron chi connectivity index (χ2n) is 8.52. The highest BCUT2D eigenvalue weighted by Gasteiger charge is 2.46. The minimum absolute atomic E-state index is 0.00292. The van der Waals surface area contributed by atoms with Gasteiger partial charge in [0, 0.05) is 17.2 Å². The van der Waals surface area contributed by atoms with Gasteiger partial charge < -0.3 is 14.4 Å². The molecule has 4 aliphatic rings. The van der Waals surface area contributed by atoms with Gasteiger partial charge in [-0.2, -0.15) is 0 Å². The first kappa shape index (κ1) is 22.1. The largest absolute Gasteiger partial charge is 0.555 e. The summed E-state index contributed by atoms with van der Waals surface area (Å²) in [6.45, 7) is 0. The minimum atomic E-state index is -4.56. The fourth-order valence-electron chi connectivity index (χ4n) is 5.75. The number of carboxylic acids is 1. The van der Waals surface area contributed by atoms with Crippen LogP contribution in [0.4, 0.5) is 0 Å². The SMILES string of the molecule is COOP(=O)(O)Oc1cc(C(OC)=C2C3CC4CC(C3)CC2C4)ccc1/C=C/C(=O)O. The number of phosphoric acid groups is 1. The second-order valence-corrected chi connectivity index (χ2v) is 9.79. The molecule has 0 aromatic heterocycles. The van der Waals surface area contributed by atoms with Crippen molar-refractivity contribution in [3.05, 3.63) is 41.0 Å². The number of ether oxygens (including phenoxy) is 1. The van der Waals surface area contributed by atoms with Crippen LogP contribution in [0, 0.1) is 23.7 Å². The molecular weight excluding hydrogens is 423 g/mol. The molecule has 9 heteroatoms. The third-order valence-corrected chi connectivity index (χ3v) is 7.31. The van der Waals surface area contributed by atoms with E-state index in [1.54, 1.807) is 19.2 Å². The van der Waals surface area contributed by atoms with Gasteiger partial charge in [0.2, 0.25) is 0 Å². The topological polar surface area (TPSA) is 112 Å². The van der Waals surface area contributed by atoms with E-state index in [-0.39, 0.29) is 5.75 Å². The first-order valence-corrected chi connectivity index (χ1v) is 11.9. The van der Waals surface area contributed by atoms with E-state index in [0.717, 1.165) is 30.8 Å². The lowest BCUT2D eigenvalue weighted by Gasteiger charge is -2.51. The molecule has 5 rings (SSSR count). The predicted octanol–water partition coefficient (Wildman–Crippen LogP) is 4.66. The second kappa shape index (κ2) is 8.79. The van der Waals surface area contributed by atoms with Gasteiger partial charge in [0.05, 0.1) is 14.2 Å². The molecule has 168 valence electrons. The number of aliphatic carboxylic acids is 1. The highest BCUT2D eigenvalue weighted by Crippen LogP contribution is 2.58. The van der Waals surface area contributed by atoms with Crippen molar-refractivity contribution in [1.29, 1.82) is 0 Å². The molecule has 4 bridgehead atoms. The van der Waals surface area contributed by atoms with Gasteiger partial charge in [0.25, 0.3) is 0 Å². The van der Waals surface area contributed by atoms with Crippen molar-refractivity contribution in [2.24, 2.45) is 23.7 Å². The molecule has 8 nitrogen and oxygen atoms in total. The van der Waals surface area contributed by atoms with Crippen LogP contribution in [-0.4, -0.2) is 30.2 Å². The van der Waals surface area contributed by atoms with Gasteiger partial charge >= 0.3 is 13.8 Å². The smallest absolute Gasteiger partial charge is 0.496 e. The van der Waals surface area contributed by atoms with Crippen molar-refractivity contribution in [1.82, 2.24) is 0 Å². The number of carbonyl (C=O) groups is 1. The lowest BCUT2D eigenvalue weighted by atomic mass is 9.54. The van der Waals surface area contributed by atoms with Crippen LogP contribution >= 0.6 is 7.82 Å². The van der Waals surface area contributed by atoms with Crippen LogP contribution < -0.4 is 4.52 Å². The van der Waals surface area contributed by atoms with Crippen molar-refractivity contribution < 1.29 is 38.2 Å². The summed E-state index contributed by atoms with van der Waals surface area (Å²) in [5, 5.41) is 8.95. The molecule has 1 unspecified atom stereocenters. The van der Waals surface area contributed by atoms with E-state index < -0.39 is 13.8 Å². The summed E-state index contributed by atoms with van der Waals surface area (Å²) in [5.74, 6) is 2.23. The Bertz CT molecular complexity index is 936. The zero-order valence-corrected chi connectivity index (χ0v) is 18.4. The van der Waals surface area contributed by atoms with Crippen LogP contribution in [-0.2, 0) is 23.7 Å². The fourth-order valence-corrected chi connectivity index (χ4v) is 6.38. The van der Waals surface area contributed by atoms with E-state index in [4.69, 9.17) is 14.4 Å². The van der Waals surface area contributed by atoms with Crippen LogP contribution in [0.5, 0.6) is 5.75 Å². The van der Waals surface area contributed by atoms with E-state index in [1.807, 2.05) is 6.07 Å². The molecule has 1 aromatic rings. The number of rotatable bonds is 8. The van der Waals surface area contributed by atoms with Crippen LogP contribution in [0.2, 0.25) is 0 Å². The summed E-state index contributed by atoms with van der Waals surface area (Å²) < 4.78 is 27.5. The van der Waals surface area contributed by atoms with Gasteiger partial charge in [-0.05, 0) is 73.5 Å². The molecule has 0 amide bonds. The van der Waals surface area contributed by atoms with Crippen molar-refractivity contribution in [2.75, 3.05) is 14.2 Å². The quantitative estimate of drug-likeness (QED) is 0.193. The van der Waals surface area contributed by atoms with Gasteiger partial charge in [-0.3, -0.25) is 4.89 Å². The molecular formula is C22H27O8P. The van der Waals surface area contributed by atoms with Crippen molar-refractivity contribution in [2.45, 2.75) is 32.1 Å². The summed E-state index contributed by atoms with van der Waals surface area (Å²) in [4.78, 5) is 25.1. The van der Waals surface area contributed by atoms with E-state index in [9.17, 15) is 14.3 Å². The minimum Gasteiger partial charge on any atom is -0.496 e. The Labute approximate surface area is 181 Å². The number of benzene rings is 1. The molecule has 4 fully saturated rings. The zero-order valence-electron chi connectivity index (χ0n) is 17.5. The maximum atomic E-state index is 12.1. The molecule has 4 aliphatic carbocycles. The molecule has 0 radical (unpaired) electrons. The Morgan fingerprint density at radius 2 is 1.74 bits per heavy atom. The third-order valence-electron chi connectivity index (χ3n) is 6.55. The molecule has 0 heterocycles. The number of allylic oxidation sites excluding steroid dienone is 1. The summed E-state index contributed by atoms with van der Waals surface area (Å²) in [7, 11) is -1.83. The monoisotopic (exact) mass is 450 g/mol. The fraction of sp³-hybridized carbons (Fsp3) is 0.500. The maximum absolute atomic E-state index is 12.1. The molecule has 4 saturated carbocycles. The number of hydrogen-bond donors (Lipinski definition) is 2. The highest BCUT2D eigenvalue weighted by atomic mass is 31.2. The normalized spacial score (nSPS) is 28.5. The number of hydrogen-bond acceptors (Lipinski definition) is 6. The van der Waals surface area contributed by atoms with E-state index in [1.165, 1.54) is 43.8 Å². The summed E-state index contributed by atoms with van der Waals surface area (Å²) in [5.41, 5.74) is 2.35. The Balaban J connectivity index is 1.74. The predicted molar refractivity (Wildman–Crippen MR) is 113 cm³/mol. The van der Waals surface area contributed by atoms with Crippen molar-refractivity contribution in [3.8, 4) is 5.75 Å². The van der Waals surface area contributed by atoms with Gasteiger partial charge in [-0.25, -0.2) is 14.2 Å². The Morgan fingerprint density at radius 3 is 2.29 bits per heavy atom. The molecule has 1 aromatic carbocycles. The Hall–Kier alpha value is -2.12. The molecule has 1 atom stereocenters. The zero-order chi connectivity index (χ0) is 22.2. The molecule has 2 N–H and O–H groups in total. The van der Waals surface area contributed by atoms with Crippen LogP contribution in [0.15, 0.2) is 29.8 Å². The van der Waals surface area contributed by atoms with Gasteiger partial charge in [-0.1, -0.05) is 12.1 Å². The lowest BCUT2D eigenvalue weighted by Crippen LogP contribution is -2.40. The van der Waals surface area contributed by atoms with Crippen LogP contribution in [0.25, 0.3) is 11.8 Å². The maximum Gasteiger partial charge on any atom is 0.555 e.